The van der Waals surface area contributed by atoms with Crippen LogP contribution in [-0.4, -0.2) is 51.6 Å². The molecule has 1 N–H and O–H groups in total. The molecule has 12 heteroatoms. The summed E-state index contributed by atoms with van der Waals surface area (Å²) in [5.74, 6) is 1.24. The summed E-state index contributed by atoms with van der Waals surface area (Å²) in [4.78, 5) is 14.8. The van der Waals surface area contributed by atoms with Crippen LogP contribution in [0.25, 0.3) is 11.0 Å². The van der Waals surface area contributed by atoms with E-state index in [9.17, 15) is 18.3 Å². The molecule has 1 aliphatic rings. The lowest BCUT2D eigenvalue weighted by Gasteiger charge is -2.30. The van der Waals surface area contributed by atoms with Crippen molar-refractivity contribution in [3.05, 3.63) is 28.5 Å². The van der Waals surface area contributed by atoms with Gasteiger partial charge in [0.15, 0.2) is 11.8 Å². The number of methoxy groups -OCH3 is 2. The van der Waals surface area contributed by atoms with E-state index in [1.165, 1.54) is 26.4 Å². The van der Waals surface area contributed by atoms with Gasteiger partial charge < -0.3 is 24.0 Å². The number of anilines is 2. The SMILES string of the molecule is COc1nc(C)nc(OC)c1N1CCCn2c1nc1c(Cl)ccc(C(O)C(F)(F)F)c12. The summed E-state index contributed by atoms with van der Waals surface area (Å²) >= 11 is 6.27. The van der Waals surface area contributed by atoms with Gasteiger partial charge in [-0.3, -0.25) is 0 Å². The maximum Gasteiger partial charge on any atom is 0.418 e. The smallest absolute Gasteiger partial charge is 0.418 e. The molecule has 0 radical (unpaired) electrons. The number of imidazole rings is 1. The number of aryl methyl sites for hydroxylation is 2. The predicted molar refractivity (Wildman–Crippen MR) is 107 cm³/mol. The molecule has 1 aromatic carbocycles. The van der Waals surface area contributed by atoms with Gasteiger partial charge in [0, 0.05) is 18.7 Å². The molecule has 0 fully saturated rings. The minimum atomic E-state index is -4.84. The molecule has 0 saturated carbocycles. The Morgan fingerprint density at radius 1 is 1.10 bits per heavy atom. The zero-order chi connectivity index (χ0) is 22.5. The summed E-state index contributed by atoms with van der Waals surface area (Å²) in [6, 6.07) is 2.47. The first-order valence-electron chi connectivity index (χ1n) is 9.35. The molecule has 8 nitrogen and oxygen atoms in total. The fraction of sp³-hybridized carbons (Fsp3) is 0.421. The summed E-state index contributed by atoms with van der Waals surface area (Å²) in [5, 5.41) is 10.1. The predicted octanol–water partition coefficient (Wildman–Crippen LogP) is 3.94. The Bertz CT molecular complexity index is 1130. The van der Waals surface area contributed by atoms with E-state index in [0.29, 0.717) is 37.0 Å². The fourth-order valence-electron chi connectivity index (χ4n) is 3.77. The Labute approximate surface area is 180 Å². The van der Waals surface area contributed by atoms with E-state index in [-0.39, 0.29) is 33.4 Å². The molecule has 4 rings (SSSR count). The molecule has 0 bridgehead atoms. The van der Waals surface area contributed by atoms with Crippen molar-refractivity contribution in [2.75, 3.05) is 25.7 Å². The van der Waals surface area contributed by atoms with E-state index in [2.05, 4.69) is 15.0 Å². The maximum atomic E-state index is 13.3. The van der Waals surface area contributed by atoms with Crippen LogP contribution < -0.4 is 14.4 Å². The molecule has 1 unspecified atom stereocenters. The van der Waals surface area contributed by atoms with E-state index in [1.807, 2.05) is 0 Å². The van der Waals surface area contributed by atoms with Gasteiger partial charge in [0.25, 0.3) is 0 Å². The van der Waals surface area contributed by atoms with Crippen LogP contribution in [-0.2, 0) is 6.54 Å². The standard InChI is InChI=1S/C19H19ClF3N5O3/c1-9-24-16(30-2)14(17(25-9)31-3)28-8-4-7-27-13-10(15(29)19(21,22)23)5-6-11(20)12(13)26-18(27)28/h5-6,15,29H,4,7-8H2,1-3H3. The molecule has 0 saturated heterocycles. The molecular formula is C19H19ClF3N5O3. The number of aromatic nitrogens is 4. The normalized spacial score (nSPS) is 15.2. The van der Waals surface area contributed by atoms with Crippen molar-refractivity contribution in [3.8, 4) is 11.8 Å². The molecular weight excluding hydrogens is 439 g/mol. The Morgan fingerprint density at radius 3 is 2.32 bits per heavy atom. The highest BCUT2D eigenvalue weighted by atomic mass is 35.5. The molecule has 1 atom stereocenters. The maximum absolute atomic E-state index is 13.3. The molecule has 31 heavy (non-hydrogen) atoms. The van der Waals surface area contributed by atoms with Crippen LogP contribution in [0, 0.1) is 6.92 Å². The third kappa shape index (κ3) is 3.51. The molecule has 1 aliphatic heterocycles. The van der Waals surface area contributed by atoms with Crippen LogP contribution in [0.3, 0.4) is 0 Å². The lowest BCUT2D eigenvalue weighted by molar-refractivity contribution is -0.206. The number of fused-ring (bicyclic) bond motifs is 3. The summed E-state index contributed by atoms with van der Waals surface area (Å²) < 4.78 is 52.4. The largest absolute Gasteiger partial charge is 0.479 e. The van der Waals surface area contributed by atoms with Gasteiger partial charge in [-0.15, -0.1) is 0 Å². The molecule has 166 valence electrons. The van der Waals surface area contributed by atoms with Gasteiger partial charge in [-0.2, -0.15) is 23.1 Å². The van der Waals surface area contributed by atoms with Crippen molar-refractivity contribution in [2.24, 2.45) is 0 Å². The first-order chi connectivity index (χ1) is 14.7. The quantitative estimate of drug-likeness (QED) is 0.635. The fourth-order valence-corrected chi connectivity index (χ4v) is 3.96. The van der Waals surface area contributed by atoms with Crippen molar-refractivity contribution < 1.29 is 27.8 Å². The highest BCUT2D eigenvalue weighted by molar-refractivity contribution is 6.35. The highest BCUT2D eigenvalue weighted by Crippen LogP contribution is 2.44. The number of rotatable bonds is 4. The van der Waals surface area contributed by atoms with Crippen LogP contribution in [0.1, 0.15) is 23.9 Å². The summed E-state index contributed by atoms with van der Waals surface area (Å²) in [6.07, 6.45) is -6.93. The van der Waals surface area contributed by atoms with Gasteiger partial charge in [-0.25, -0.2) is 4.98 Å². The van der Waals surface area contributed by atoms with Crippen molar-refractivity contribution in [2.45, 2.75) is 32.2 Å². The number of hydrogen-bond donors (Lipinski definition) is 1. The van der Waals surface area contributed by atoms with Crippen molar-refractivity contribution in [1.82, 2.24) is 19.5 Å². The van der Waals surface area contributed by atoms with E-state index in [0.717, 1.165) is 0 Å². The zero-order valence-corrected chi connectivity index (χ0v) is 17.6. The number of aliphatic hydroxyl groups is 1. The zero-order valence-electron chi connectivity index (χ0n) is 16.9. The summed E-state index contributed by atoms with van der Waals surface area (Å²) in [5.41, 5.74) is 0.380. The second-order valence-corrected chi connectivity index (χ2v) is 7.39. The second kappa shape index (κ2) is 7.72. The molecule has 2 aromatic heterocycles. The van der Waals surface area contributed by atoms with Gasteiger partial charge in [0.1, 0.15) is 11.3 Å². The number of hydrogen-bond acceptors (Lipinski definition) is 7. The highest BCUT2D eigenvalue weighted by Gasteiger charge is 2.42. The van der Waals surface area contributed by atoms with E-state index < -0.39 is 12.3 Å². The van der Waals surface area contributed by atoms with Crippen molar-refractivity contribution in [1.29, 1.82) is 0 Å². The van der Waals surface area contributed by atoms with E-state index >= 15 is 0 Å². The van der Waals surface area contributed by atoms with Gasteiger partial charge in [-0.1, -0.05) is 17.7 Å². The van der Waals surface area contributed by atoms with Gasteiger partial charge in [0.2, 0.25) is 17.7 Å². The monoisotopic (exact) mass is 457 g/mol. The van der Waals surface area contributed by atoms with Crippen LogP contribution in [0.2, 0.25) is 5.02 Å². The molecule has 0 spiro atoms. The average Bonchev–Trinajstić information content (AvgIpc) is 3.13. The topological polar surface area (TPSA) is 85.5 Å². The van der Waals surface area contributed by atoms with Gasteiger partial charge >= 0.3 is 6.18 Å². The first kappa shape index (κ1) is 21.4. The number of benzene rings is 1. The Kier molecular flexibility index (Phi) is 5.34. The third-order valence-corrected chi connectivity index (χ3v) is 5.36. The second-order valence-electron chi connectivity index (χ2n) is 6.98. The van der Waals surface area contributed by atoms with Gasteiger partial charge in [-0.05, 0) is 19.4 Å². The number of aliphatic hydroxyl groups excluding tert-OH is 1. The first-order valence-corrected chi connectivity index (χ1v) is 9.72. The number of nitrogens with zero attached hydrogens (tertiary/aromatic N) is 5. The van der Waals surface area contributed by atoms with E-state index in [1.54, 1.807) is 16.4 Å². The Hall–Kier alpha value is -2.79. The van der Waals surface area contributed by atoms with Crippen molar-refractivity contribution in [3.63, 3.8) is 0 Å². The number of alkyl halides is 3. The average molecular weight is 458 g/mol. The Morgan fingerprint density at radius 2 is 1.74 bits per heavy atom. The molecule has 0 amide bonds. The van der Waals surface area contributed by atoms with E-state index in [4.69, 9.17) is 21.1 Å². The van der Waals surface area contributed by atoms with Gasteiger partial charge in [0.05, 0.1) is 24.8 Å². The van der Waals surface area contributed by atoms with Crippen LogP contribution >= 0.6 is 11.6 Å². The lowest BCUT2D eigenvalue weighted by atomic mass is 10.1. The minimum Gasteiger partial charge on any atom is -0.479 e. The van der Waals surface area contributed by atoms with Crippen LogP contribution in [0.5, 0.6) is 11.8 Å². The molecule has 0 aliphatic carbocycles. The van der Waals surface area contributed by atoms with Crippen molar-refractivity contribution >= 4 is 34.3 Å². The Balaban J connectivity index is 1.98. The third-order valence-electron chi connectivity index (χ3n) is 5.05. The van der Waals surface area contributed by atoms with Crippen LogP contribution in [0.4, 0.5) is 24.8 Å². The summed E-state index contributed by atoms with van der Waals surface area (Å²) in [6.45, 7) is 2.54. The molecule has 3 heterocycles. The number of ether oxygens (including phenoxy) is 2. The summed E-state index contributed by atoms with van der Waals surface area (Å²) in [7, 11) is 2.90. The minimum absolute atomic E-state index is 0.128. The lowest BCUT2D eigenvalue weighted by Crippen LogP contribution is -2.30. The molecule has 3 aromatic rings. The number of halogens is 4. The van der Waals surface area contributed by atoms with Crippen LogP contribution in [0.15, 0.2) is 12.1 Å².